The van der Waals surface area contributed by atoms with Crippen molar-refractivity contribution < 1.29 is 8.83 Å². The molecule has 0 saturated heterocycles. The number of hydrogen-bond donors (Lipinski definition) is 0. The molecule has 0 amide bonds. The average molecular weight is 321 g/mol. The van der Waals surface area contributed by atoms with Crippen LogP contribution in [0.1, 0.15) is 62.0 Å². The molecule has 0 N–H and O–H groups in total. The van der Waals surface area contributed by atoms with E-state index in [1.165, 1.54) is 36.1 Å². The molecule has 1 saturated carbocycles. The molecule has 0 unspecified atom stereocenters. The summed E-state index contributed by atoms with van der Waals surface area (Å²) in [5, 5.41) is 1.15. The second kappa shape index (κ2) is 4.92. The van der Waals surface area contributed by atoms with Crippen molar-refractivity contribution in [2.45, 2.75) is 57.5 Å². The molecule has 1 aliphatic heterocycles. The molecule has 3 nitrogen and oxygen atoms in total. The maximum Gasteiger partial charge on any atom is 0.297 e. The number of rotatable bonds is 1. The van der Waals surface area contributed by atoms with Gasteiger partial charge in [-0.2, -0.15) is 0 Å². The summed E-state index contributed by atoms with van der Waals surface area (Å²) in [6, 6.07) is 11.1. The fraction of sp³-hybridized carbons (Fsp3) is 0.429. The van der Waals surface area contributed by atoms with E-state index in [0.717, 1.165) is 24.0 Å². The maximum atomic E-state index is 6.30. The summed E-state index contributed by atoms with van der Waals surface area (Å²) in [7, 11) is 0. The van der Waals surface area contributed by atoms with Crippen molar-refractivity contribution in [3.8, 4) is 0 Å². The number of furan rings is 2. The van der Waals surface area contributed by atoms with Crippen LogP contribution in [0.3, 0.4) is 0 Å². The Morgan fingerprint density at radius 3 is 2.67 bits per heavy atom. The molecule has 1 atom stereocenters. The minimum absolute atomic E-state index is 0.0132. The van der Waals surface area contributed by atoms with Crippen LogP contribution in [-0.2, 0) is 5.54 Å². The maximum absolute atomic E-state index is 6.30. The highest BCUT2D eigenvalue weighted by Gasteiger charge is 2.53. The Morgan fingerprint density at radius 2 is 1.88 bits per heavy atom. The number of aryl methyl sites for hydroxylation is 1. The highest BCUT2D eigenvalue weighted by atomic mass is 16.5. The lowest BCUT2D eigenvalue weighted by atomic mass is 9.79. The predicted molar refractivity (Wildman–Crippen MR) is 95.3 cm³/mol. The summed E-state index contributed by atoms with van der Waals surface area (Å²) < 4.78 is 11.9. The number of nitrogens with zero attached hydrogens (tertiary/aromatic N) is 1. The van der Waals surface area contributed by atoms with Gasteiger partial charge in [0.1, 0.15) is 5.76 Å². The van der Waals surface area contributed by atoms with Gasteiger partial charge in [-0.3, -0.25) is 0 Å². The Morgan fingerprint density at radius 1 is 1.08 bits per heavy atom. The molecular weight excluding hydrogens is 298 g/mol. The largest absolute Gasteiger partial charge is 0.433 e. The smallest absolute Gasteiger partial charge is 0.297 e. The Hall–Kier alpha value is -2.16. The summed E-state index contributed by atoms with van der Waals surface area (Å²) >= 11 is 0. The van der Waals surface area contributed by atoms with Gasteiger partial charge in [0.05, 0.1) is 23.2 Å². The Kier molecular flexibility index (Phi) is 2.91. The van der Waals surface area contributed by atoms with E-state index in [4.69, 9.17) is 8.83 Å². The van der Waals surface area contributed by atoms with Crippen LogP contribution in [0.4, 0.5) is 5.69 Å². The molecular formula is C21H23NO2. The number of para-hydroxylation sites is 1. The second-order valence-electron chi connectivity index (χ2n) is 7.39. The molecule has 1 aliphatic carbocycles. The van der Waals surface area contributed by atoms with Gasteiger partial charge < -0.3 is 13.7 Å². The molecule has 1 spiro atoms. The van der Waals surface area contributed by atoms with Gasteiger partial charge in [0.2, 0.25) is 0 Å². The van der Waals surface area contributed by atoms with Gasteiger partial charge >= 0.3 is 0 Å². The van der Waals surface area contributed by atoms with Crippen LogP contribution in [0.2, 0.25) is 0 Å². The van der Waals surface area contributed by atoms with Gasteiger partial charge in [0.15, 0.2) is 0 Å². The zero-order chi connectivity index (χ0) is 16.3. The first-order chi connectivity index (χ1) is 11.7. The molecule has 0 bridgehead atoms. The first-order valence-corrected chi connectivity index (χ1v) is 9.08. The van der Waals surface area contributed by atoms with Crippen molar-refractivity contribution >= 4 is 16.9 Å². The van der Waals surface area contributed by atoms with Crippen molar-refractivity contribution in [2.75, 3.05) is 4.90 Å². The van der Waals surface area contributed by atoms with E-state index in [2.05, 4.69) is 49.1 Å². The molecule has 2 aromatic heterocycles. The normalized spacial score (nSPS) is 22.4. The van der Waals surface area contributed by atoms with Crippen LogP contribution in [0.15, 0.2) is 45.4 Å². The molecule has 0 radical (unpaired) electrons. The predicted octanol–water partition coefficient (Wildman–Crippen LogP) is 6.07. The van der Waals surface area contributed by atoms with E-state index < -0.39 is 0 Å². The lowest BCUT2D eigenvalue weighted by Gasteiger charge is -2.44. The minimum Gasteiger partial charge on any atom is -0.433 e. The van der Waals surface area contributed by atoms with Crippen LogP contribution in [0.5, 0.6) is 0 Å². The number of anilines is 1. The number of hydrogen-bond acceptors (Lipinski definition) is 3. The van der Waals surface area contributed by atoms with Gasteiger partial charge in [0.25, 0.3) is 5.78 Å². The quantitative estimate of drug-likeness (QED) is 0.544. The zero-order valence-corrected chi connectivity index (χ0v) is 14.3. The van der Waals surface area contributed by atoms with E-state index in [9.17, 15) is 0 Å². The third-order valence-electron chi connectivity index (χ3n) is 6.10. The number of benzene rings is 1. The minimum atomic E-state index is -0.0132. The van der Waals surface area contributed by atoms with Crippen molar-refractivity contribution in [1.29, 1.82) is 0 Å². The molecule has 24 heavy (non-hydrogen) atoms. The summed E-state index contributed by atoms with van der Waals surface area (Å²) in [5.74, 6) is 1.86. The average Bonchev–Trinajstić information content (AvgIpc) is 3.23. The Bertz CT molecular complexity index is 898. The molecule has 124 valence electrons. The van der Waals surface area contributed by atoms with Crippen LogP contribution >= 0.6 is 0 Å². The monoisotopic (exact) mass is 321 g/mol. The third-order valence-corrected chi connectivity index (χ3v) is 6.10. The van der Waals surface area contributed by atoms with Gasteiger partial charge in [0, 0.05) is 11.3 Å². The van der Waals surface area contributed by atoms with Gasteiger partial charge in [-0.15, -0.1) is 0 Å². The van der Waals surface area contributed by atoms with Crippen molar-refractivity contribution in [3.05, 3.63) is 53.5 Å². The fourth-order valence-corrected chi connectivity index (χ4v) is 5.09. The Balaban J connectivity index is 1.77. The molecule has 5 rings (SSSR count). The molecule has 1 aromatic carbocycles. The zero-order valence-electron chi connectivity index (χ0n) is 14.3. The summed E-state index contributed by atoms with van der Waals surface area (Å²) in [6.45, 7) is 4.53. The summed E-state index contributed by atoms with van der Waals surface area (Å²) in [6.07, 6.45) is 7.91. The van der Waals surface area contributed by atoms with Crippen LogP contribution in [0, 0.1) is 6.92 Å². The molecule has 2 aliphatic rings. The Labute approximate surface area is 142 Å². The SMILES string of the molecule is Cc1ccccc1N1[C@@H](C)c2c(oc3occc23)C12CCCCC2. The third kappa shape index (κ3) is 1.68. The van der Waals surface area contributed by atoms with Gasteiger partial charge in [-0.05, 0) is 44.4 Å². The molecule has 3 heteroatoms. The van der Waals surface area contributed by atoms with E-state index >= 15 is 0 Å². The molecule has 3 aromatic rings. The first-order valence-electron chi connectivity index (χ1n) is 9.08. The molecule has 1 fully saturated rings. The first kappa shape index (κ1) is 14.2. The van der Waals surface area contributed by atoms with Crippen molar-refractivity contribution in [2.24, 2.45) is 0 Å². The summed E-state index contributed by atoms with van der Waals surface area (Å²) in [4.78, 5) is 2.64. The topological polar surface area (TPSA) is 29.5 Å². The lowest BCUT2D eigenvalue weighted by molar-refractivity contribution is 0.242. The fourth-order valence-electron chi connectivity index (χ4n) is 5.09. The van der Waals surface area contributed by atoms with Gasteiger partial charge in [-0.25, -0.2) is 0 Å². The van der Waals surface area contributed by atoms with E-state index in [0.29, 0.717) is 11.8 Å². The van der Waals surface area contributed by atoms with Crippen LogP contribution in [-0.4, -0.2) is 0 Å². The second-order valence-corrected chi connectivity index (χ2v) is 7.39. The highest BCUT2D eigenvalue weighted by molar-refractivity contribution is 5.82. The van der Waals surface area contributed by atoms with Crippen molar-refractivity contribution in [3.63, 3.8) is 0 Å². The van der Waals surface area contributed by atoms with Crippen LogP contribution < -0.4 is 4.90 Å². The summed E-state index contributed by atoms with van der Waals surface area (Å²) in [5.41, 5.74) is 4.00. The van der Waals surface area contributed by atoms with Gasteiger partial charge in [-0.1, -0.05) is 37.5 Å². The molecule has 3 heterocycles. The van der Waals surface area contributed by atoms with E-state index in [1.807, 2.05) is 0 Å². The van der Waals surface area contributed by atoms with Crippen molar-refractivity contribution in [1.82, 2.24) is 0 Å². The lowest BCUT2D eigenvalue weighted by Crippen LogP contribution is -2.44. The van der Waals surface area contributed by atoms with E-state index in [-0.39, 0.29) is 5.54 Å². The number of fused-ring (bicyclic) bond motifs is 4. The highest BCUT2D eigenvalue weighted by Crippen LogP contribution is 2.58. The van der Waals surface area contributed by atoms with E-state index in [1.54, 1.807) is 6.26 Å². The van der Waals surface area contributed by atoms with Crippen LogP contribution in [0.25, 0.3) is 11.2 Å². The standard InChI is InChI=1S/C21H23NO2/c1-14-8-4-5-9-17(14)22-15(2)18-16-10-13-23-20(16)24-19(18)21(22)11-6-3-7-12-21/h4-5,8-10,13,15H,3,6-7,11-12H2,1-2H3/t15-/m0/s1.